The van der Waals surface area contributed by atoms with Crippen molar-refractivity contribution in [2.75, 3.05) is 13.7 Å². The third-order valence-corrected chi connectivity index (χ3v) is 7.16. The van der Waals surface area contributed by atoms with Gasteiger partial charge in [0, 0.05) is 11.6 Å². The second kappa shape index (κ2) is 11.5. The van der Waals surface area contributed by atoms with E-state index in [2.05, 4.69) is 27.6 Å². The van der Waals surface area contributed by atoms with Gasteiger partial charge in [-0.15, -0.1) is 0 Å². The molecule has 1 heterocycles. The fraction of sp³-hybridized carbons (Fsp3) is 0.154. The molecule has 1 fully saturated rings. The predicted octanol–water partition coefficient (Wildman–Crippen LogP) is 7.30. The maximum Gasteiger partial charge on any atom is 0.266 e. The highest BCUT2D eigenvalue weighted by Gasteiger charge is 2.32. The van der Waals surface area contributed by atoms with Crippen LogP contribution in [0.4, 0.5) is 10.1 Å². The number of amides is 1. The second-order valence-corrected chi connectivity index (χ2v) is 10.1. The molecule has 5 nitrogen and oxygen atoms in total. The standard InChI is InChI=1S/C26H21ClFIN2O3S/c1-3-31-25(32)23(35-26(31)30-20-10-8-19(28)9-11-20)14-17-12-21(29)24(22(13-17)33-2)34-15-16-4-6-18(27)7-5-16/h4-14H,3,15H2,1-2H3/b23-14-,30-26?. The highest BCUT2D eigenvalue weighted by Crippen LogP contribution is 2.38. The Hall–Kier alpha value is -2.56. The molecule has 0 N–H and O–H groups in total. The molecule has 0 atom stereocenters. The normalized spacial score (nSPS) is 15.8. The zero-order valence-corrected chi connectivity index (χ0v) is 22.7. The van der Waals surface area contributed by atoms with Crippen LogP contribution < -0.4 is 9.47 Å². The summed E-state index contributed by atoms with van der Waals surface area (Å²) < 4.78 is 25.7. The highest BCUT2D eigenvalue weighted by atomic mass is 127. The molecule has 0 aliphatic carbocycles. The van der Waals surface area contributed by atoms with Crippen molar-refractivity contribution < 1.29 is 18.7 Å². The Labute approximate surface area is 226 Å². The van der Waals surface area contributed by atoms with Crippen LogP contribution in [0.1, 0.15) is 18.1 Å². The number of benzene rings is 3. The van der Waals surface area contributed by atoms with Gasteiger partial charge in [-0.25, -0.2) is 9.38 Å². The van der Waals surface area contributed by atoms with Crippen LogP contribution in [0.25, 0.3) is 6.08 Å². The number of carbonyl (C=O) groups excluding carboxylic acids is 1. The molecule has 0 radical (unpaired) electrons. The van der Waals surface area contributed by atoms with E-state index < -0.39 is 0 Å². The fourth-order valence-corrected chi connectivity index (χ4v) is 5.32. The van der Waals surface area contributed by atoms with Crippen molar-refractivity contribution in [1.29, 1.82) is 0 Å². The number of hydrogen-bond donors (Lipinski definition) is 0. The molecule has 0 saturated carbocycles. The average molecular weight is 623 g/mol. The van der Waals surface area contributed by atoms with Crippen LogP contribution in [0.15, 0.2) is 70.6 Å². The van der Waals surface area contributed by atoms with Crippen molar-refractivity contribution in [2.24, 2.45) is 4.99 Å². The first-order chi connectivity index (χ1) is 16.9. The van der Waals surface area contributed by atoms with Gasteiger partial charge < -0.3 is 9.47 Å². The summed E-state index contributed by atoms with van der Waals surface area (Å²) in [6.45, 7) is 2.73. The van der Waals surface area contributed by atoms with Crippen molar-refractivity contribution in [3.8, 4) is 11.5 Å². The molecule has 0 spiro atoms. The van der Waals surface area contributed by atoms with Crippen LogP contribution in [0.2, 0.25) is 5.02 Å². The molecular weight excluding hydrogens is 602 g/mol. The molecule has 1 aliphatic rings. The SMILES string of the molecule is CCN1C(=O)/C(=C/c2cc(I)c(OCc3ccc(Cl)cc3)c(OC)c2)SC1=Nc1ccc(F)cc1. The number of nitrogens with zero attached hydrogens (tertiary/aromatic N) is 2. The molecule has 1 aliphatic heterocycles. The third-order valence-electron chi connectivity index (χ3n) is 5.10. The van der Waals surface area contributed by atoms with Crippen LogP contribution >= 0.6 is 46.0 Å². The first-order valence-electron chi connectivity index (χ1n) is 10.7. The summed E-state index contributed by atoms with van der Waals surface area (Å²) in [5.74, 6) is 0.738. The molecular formula is C26H21ClFIN2O3S. The van der Waals surface area contributed by atoms with Gasteiger partial charge in [0.1, 0.15) is 12.4 Å². The Kier molecular flexibility index (Phi) is 8.35. The minimum Gasteiger partial charge on any atom is -0.493 e. The van der Waals surface area contributed by atoms with Crippen LogP contribution in [0.5, 0.6) is 11.5 Å². The number of hydrogen-bond acceptors (Lipinski definition) is 5. The summed E-state index contributed by atoms with van der Waals surface area (Å²) in [6, 6.07) is 17.1. The Bertz CT molecular complexity index is 1300. The smallest absolute Gasteiger partial charge is 0.266 e. The van der Waals surface area contributed by atoms with Gasteiger partial charge in [0.15, 0.2) is 16.7 Å². The van der Waals surface area contributed by atoms with Crippen LogP contribution in [0, 0.1) is 9.39 Å². The van der Waals surface area contributed by atoms with E-state index >= 15 is 0 Å². The van der Waals surface area contributed by atoms with Gasteiger partial charge in [-0.2, -0.15) is 0 Å². The van der Waals surface area contributed by atoms with Gasteiger partial charge in [0.05, 0.1) is 21.3 Å². The third kappa shape index (κ3) is 6.17. The van der Waals surface area contributed by atoms with Crippen molar-refractivity contribution in [3.63, 3.8) is 0 Å². The van der Waals surface area contributed by atoms with Crippen molar-refractivity contribution in [1.82, 2.24) is 4.90 Å². The number of likely N-dealkylation sites (N-methyl/N-ethyl adjacent to an activating group) is 1. The minimum atomic E-state index is -0.332. The molecule has 1 amide bonds. The number of amidine groups is 1. The zero-order chi connectivity index (χ0) is 24.9. The number of carbonyl (C=O) groups is 1. The maximum atomic E-state index is 13.2. The summed E-state index contributed by atoms with van der Waals surface area (Å²) in [5.41, 5.74) is 2.37. The molecule has 0 bridgehead atoms. The molecule has 0 unspecified atom stereocenters. The van der Waals surface area contributed by atoms with E-state index in [1.165, 1.54) is 23.9 Å². The first kappa shape index (κ1) is 25.5. The molecule has 9 heteroatoms. The molecule has 35 heavy (non-hydrogen) atoms. The van der Waals surface area contributed by atoms with E-state index in [4.69, 9.17) is 21.1 Å². The number of aliphatic imine (C=N–C) groups is 1. The van der Waals surface area contributed by atoms with E-state index in [1.807, 2.05) is 49.4 Å². The molecule has 3 aromatic carbocycles. The van der Waals surface area contributed by atoms with Gasteiger partial charge in [0.2, 0.25) is 0 Å². The Balaban J connectivity index is 1.58. The highest BCUT2D eigenvalue weighted by molar-refractivity contribution is 14.1. The summed E-state index contributed by atoms with van der Waals surface area (Å²) in [6.07, 6.45) is 1.82. The summed E-state index contributed by atoms with van der Waals surface area (Å²) >= 11 is 9.44. The summed E-state index contributed by atoms with van der Waals surface area (Å²) in [7, 11) is 1.58. The Morgan fingerprint density at radius 3 is 2.51 bits per heavy atom. The van der Waals surface area contributed by atoms with Crippen LogP contribution in [-0.4, -0.2) is 29.6 Å². The van der Waals surface area contributed by atoms with Gasteiger partial charge in [-0.05, 0) is 107 Å². The monoisotopic (exact) mass is 622 g/mol. The van der Waals surface area contributed by atoms with E-state index in [0.29, 0.717) is 45.4 Å². The van der Waals surface area contributed by atoms with E-state index in [0.717, 1.165) is 14.7 Å². The molecule has 3 aromatic rings. The Morgan fingerprint density at radius 2 is 1.86 bits per heavy atom. The molecule has 180 valence electrons. The van der Waals surface area contributed by atoms with Gasteiger partial charge >= 0.3 is 0 Å². The van der Waals surface area contributed by atoms with E-state index in [9.17, 15) is 9.18 Å². The van der Waals surface area contributed by atoms with Gasteiger partial charge in [-0.1, -0.05) is 23.7 Å². The lowest BCUT2D eigenvalue weighted by Gasteiger charge is -2.14. The van der Waals surface area contributed by atoms with Gasteiger partial charge in [0.25, 0.3) is 5.91 Å². The lowest BCUT2D eigenvalue weighted by atomic mass is 10.1. The van der Waals surface area contributed by atoms with Crippen molar-refractivity contribution in [3.05, 3.63) is 91.1 Å². The summed E-state index contributed by atoms with van der Waals surface area (Å²) in [5, 5.41) is 1.23. The number of thioether (sulfide) groups is 1. The first-order valence-corrected chi connectivity index (χ1v) is 13.0. The number of methoxy groups -OCH3 is 1. The average Bonchev–Trinajstić information content (AvgIpc) is 3.14. The largest absolute Gasteiger partial charge is 0.493 e. The van der Waals surface area contributed by atoms with E-state index in [-0.39, 0.29) is 11.7 Å². The van der Waals surface area contributed by atoms with Crippen molar-refractivity contribution >= 4 is 68.8 Å². The van der Waals surface area contributed by atoms with E-state index in [1.54, 1.807) is 24.1 Å². The van der Waals surface area contributed by atoms with Crippen LogP contribution in [-0.2, 0) is 11.4 Å². The number of halogens is 3. The van der Waals surface area contributed by atoms with Gasteiger partial charge in [-0.3, -0.25) is 9.69 Å². The number of rotatable bonds is 7. The predicted molar refractivity (Wildman–Crippen MR) is 148 cm³/mol. The second-order valence-electron chi connectivity index (χ2n) is 7.48. The lowest BCUT2D eigenvalue weighted by molar-refractivity contribution is -0.122. The molecule has 0 aromatic heterocycles. The lowest BCUT2D eigenvalue weighted by Crippen LogP contribution is -2.28. The fourth-order valence-electron chi connectivity index (χ4n) is 3.35. The molecule has 4 rings (SSSR count). The summed E-state index contributed by atoms with van der Waals surface area (Å²) in [4.78, 5) is 19.7. The molecule has 1 saturated heterocycles. The van der Waals surface area contributed by atoms with Crippen LogP contribution in [0.3, 0.4) is 0 Å². The topological polar surface area (TPSA) is 51.1 Å². The Morgan fingerprint density at radius 1 is 1.14 bits per heavy atom. The quantitative estimate of drug-likeness (QED) is 0.205. The maximum absolute atomic E-state index is 13.2. The zero-order valence-electron chi connectivity index (χ0n) is 18.9. The van der Waals surface area contributed by atoms with Crippen molar-refractivity contribution in [2.45, 2.75) is 13.5 Å². The minimum absolute atomic E-state index is 0.129. The number of ether oxygens (including phenoxy) is 2.